The van der Waals surface area contributed by atoms with E-state index in [1.807, 2.05) is 0 Å². The number of fused-ring (bicyclic) bond motifs is 1. The van der Waals surface area contributed by atoms with E-state index in [1.165, 1.54) is 7.11 Å². The molecule has 0 saturated heterocycles. The van der Waals surface area contributed by atoms with Crippen LogP contribution in [0, 0.1) is 0 Å². The fourth-order valence-electron chi connectivity index (χ4n) is 2.31. The second-order valence-corrected chi connectivity index (χ2v) is 4.91. The number of aliphatic hydroxyl groups excluding tert-OH is 1. The van der Waals surface area contributed by atoms with Gasteiger partial charge in [0.1, 0.15) is 0 Å². The molecule has 1 heterocycles. The minimum absolute atomic E-state index is 0.0190. The molecule has 1 amide bonds. The predicted molar refractivity (Wildman–Crippen MR) is 73.1 cm³/mol. The smallest absolute Gasteiger partial charge is 0.307 e. The van der Waals surface area contributed by atoms with Crippen LogP contribution in [0.15, 0.2) is 18.2 Å². The van der Waals surface area contributed by atoms with Gasteiger partial charge in [-0.25, -0.2) is 0 Å². The van der Waals surface area contributed by atoms with Crippen molar-refractivity contribution in [2.24, 2.45) is 5.73 Å². The van der Waals surface area contributed by atoms with E-state index < -0.39 is 18.1 Å². The maximum absolute atomic E-state index is 11.6. The van der Waals surface area contributed by atoms with Gasteiger partial charge >= 0.3 is 5.97 Å². The molecule has 0 radical (unpaired) electrons. The summed E-state index contributed by atoms with van der Waals surface area (Å²) in [6.45, 7) is 0. The van der Waals surface area contributed by atoms with Gasteiger partial charge < -0.3 is 20.5 Å². The lowest BCUT2D eigenvalue weighted by Crippen LogP contribution is -2.31. The van der Waals surface area contributed by atoms with Crippen LogP contribution in [0.3, 0.4) is 0 Å². The molecule has 0 aromatic heterocycles. The van der Waals surface area contributed by atoms with Crippen LogP contribution in [-0.2, 0) is 20.7 Å². The number of aliphatic hydroxyl groups is 1. The van der Waals surface area contributed by atoms with Crippen molar-refractivity contribution in [1.82, 2.24) is 0 Å². The molecule has 0 aliphatic carbocycles. The molecular weight excluding hydrogens is 260 g/mol. The second kappa shape index (κ2) is 5.60. The zero-order valence-corrected chi connectivity index (χ0v) is 11.5. The third kappa shape index (κ3) is 2.66. The molecule has 108 valence electrons. The van der Waals surface area contributed by atoms with Crippen molar-refractivity contribution in [2.75, 3.05) is 19.1 Å². The lowest BCUT2D eigenvalue weighted by Gasteiger charge is -2.19. The summed E-state index contributed by atoms with van der Waals surface area (Å²) in [4.78, 5) is 24.4. The third-order valence-electron chi connectivity index (χ3n) is 3.56. The summed E-state index contributed by atoms with van der Waals surface area (Å²) in [6.07, 6.45) is -0.716. The molecule has 3 N–H and O–H groups in total. The number of benzene rings is 1. The van der Waals surface area contributed by atoms with E-state index in [-0.39, 0.29) is 12.3 Å². The fraction of sp³-hybridized carbons (Fsp3) is 0.429. The Labute approximate surface area is 117 Å². The number of carbonyl (C=O) groups excluding carboxylic acids is 2. The molecule has 0 fully saturated rings. The number of hydrogen-bond acceptors (Lipinski definition) is 5. The van der Waals surface area contributed by atoms with Gasteiger partial charge in [0.25, 0.3) is 0 Å². The zero-order valence-electron chi connectivity index (χ0n) is 11.5. The van der Waals surface area contributed by atoms with Gasteiger partial charge in [0, 0.05) is 18.8 Å². The number of anilines is 1. The highest BCUT2D eigenvalue weighted by molar-refractivity contribution is 6.00. The Bertz CT molecular complexity index is 544. The summed E-state index contributed by atoms with van der Waals surface area (Å²) in [7, 11) is 2.99. The van der Waals surface area contributed by atoms with Crippen LogP contribution >= 0.6 is 0 Å². The van der Waals surface area contributed by atoms with Crippen LogP contribution < -0.4 is 10.6 Å². The Balaban J connectivity index is 2.16. The summed E-state index contributed by atoms with van der Waals surface area (Å²) in [6, 6.07) is 4.52. The lowest BCUT2D eigenvalue weighted by molar-refractivity contribution is -0.141. The first-order chi connectivity index (χ1) is 9.43. The molecule has 1 aromatic carbocycles. The van der Waals surface area contributed by atoms with Crippen molar-refractivity contribution in [3.8, 4) is 0 Å². The van der Waals surface area contributed by atoms with E-state index in [4.69, 9.17) is 5.73 Å². The largest absolute Gasteiger partial charge is 0.469 e. The number of nitrogens with zero attached hydrogens (tertiary/aromatic N) is 1. The molecule has 6 nitrogen and oxygen atoms in total. The molecule has 0 spiro atoms. The van der Waals surface area contributed by atoms with E-state index in [9.17, 15) is 14.7 Å². The monoisotopic (exact) mass is 278 g/mol. The molecule has 6 heteroatoms. The molecule has 0 bridgehead atoms. The highest BCUT2D eigenvalue weighted by atomic mass is 16.5. The maximum atomic E-state index is 11.6. The maximum Gasteiger partial charge on any atom is 0.307 e. The molecular formula is C14H18N2O4. The Kier molecular flexibility index (Phi) is 4.06. The summed E-state index contributed by atoms with van der Waals surface area (Å²) in [5.41, 5.74) is 8.10. The number of nitrogens with two attached hydrogens (primary N) is 1. The number of carbonyl (C=O) groups is 2. The number of amides is 1. The molecule has 0 saturated carbocycles. The number of esters is 1. The van der Waals surface area contributed by atoms with Crippen LogP contribution in [-0.4, -0.2) is 37.2 Å². The summed E-state index contributed by atoms with van der Waals surface area (Å²) < 4.78 is 4.53. The van der Waals surface area contributed by atoms with Gasteiger partial charge in [-0.3, -0.25) is 9.59 Å². The molecule has 2 rings (SSSR count). The van der Waals surface area contributed by atoms with Crippen LogP contribution in [0.5, 0.6) is 0 Å². The summed E-state index contributed by atoms with van der Waals surface area (Å²) >= 11 is 0. The minimum Gasteiger partial charge on any atom is -0.469 e. The first-order valence-electron chi connectivity index (χ1n) is 6.34. The molecule has 1 aliphatic rings. The van der Waals surface area contributed by atoms with Crippen molar-refractivity contribution in [3.05, 3.63) is 29.3 Å². The van der Waals surface area contributed by atoms with Gasteiger partial charge in [0.2, 0.25) is 5.91 Å². The first kappa shape index (κ1) is 14.5. The Hall–Kier alpha value is -1.92. The standard InChI is InChI=1S/C14H18N2O4/c1-16-11-4-3-8(5-9(11)6-12(16)17)14(19)10(15)7-13(18)20-2/h3-5,10,14,19H,6-7,15H2,1-2H3. The fourth-order valence-corrected chi connectivity index (χ4v) is 2.31. The van der Waals surface area contributed by atoms with Crippen molar-refractivity contribution in [1.29, 1.82) is 0 Å². The van der Waals surface area contributed by atoms with E-state index in [2.05, 4.69) is 4.74 Å². The van der Waals surface area contributed by atoms with E-state index in [0.29, 0.717) is 12.0 Å². The van der Waals surface area contributed by atoms with Crippen LogP contribution in [0.25, 0.3) is 0 Å². The number of hydrogen-bond donors (Lipinski definition) is 2. The number of methoxy groups -OCH3 is 1. The van der Waals surface area contributed by atoms with Gasteiger partial charge in [-0.2, -0.15) is 0 Å². The van der Waals surface area contributed by atoms with Crippen LogP contribution in [0.4, 0.5) is 5.69 Å². The van der Waals surface area contributed by atoms with Crippen molar-refractivity contribution < 1.29 is 19.4 Å². The second-order valence-electron chi connectivity index (χ2n) is 4.91. The topological polar surface area (TPSA) is 92.9 Å². The van der Waals surface area contributed by atoms with Crippen molar-refractivity contribution in [2.45, 2.75) is 25.0 Å². The van der Waals surface area contributed by atoms with Gasteiger partial charge in [-0.1, -0.05) is 12.1 Å². The van der Waals surface area contributed by atoms with E-state index >= 15 is 0 Å². The number of ether oxygens (including phenoxy) is 1. The average Bonchev–Trinajstić information content (AvgIpc) is 2.72. The molecule has 1 aliphatic heterocycles. The highest BCUT2D eigenvalue weighted by Gasteiger charge is 2.26. The van der Waals surface area contributed by atoms with Crippen LogP contribution in [0.2, 0.25) is 0 Å². The minimum atomic E-state index is -0.972. The van der Waals surface area contributed by atoms with Gasteiger partial charge in [-0.15, -0.1) is 0 Å². The number of likely N-dealkylation sites (N-methyl/N-ethyl adjacent to an activating group) is 1. The highest BCUT2D eigenvalue weighted by Crippen LogP contribution is 2.31. The van der Waals surface area contributed by atoms with E-state index in [1.54, 1.807) is 30.1 Å². The third-order valence-corrected chi connectivity index (χ3v) is 3.56. The number of rotatable bonds is 4. The summed E-state index contributed by atoms with van der Waals surface area (Å²) in [5, 5.41) is 10.2. The van der Waals surface area contributed by atoms with E-state index in [0.717, 1.165) is 11.3 Å². The predicted octanol–water partition coefficient (Wildman–Crippen LogP) is 0.129. The van der Waals surface area contributed by atoms with Gasteiger partial charge in [0.15, 0.2) is 0 Å². The average molecular weight is 278 g/mol. The van der Waals surface area contributed by atoms with Gasteiger partial charge in [0.05, 0.1) is 26.1 Å². The zero-order chi connectivity index (χ0) is 14.9. The first-order valence-corrected chi connectivity index (χ1v) is 6.34. The van der Waals surface area contributed by atoms with Crippen molar-refractivity contribution >= 4 is 17.6 Å². The van der Waals surface area contributed by atoms with Crippen molar-refractivity contribution in [3.63, 3.8) is 0 Å². The molecule has 1 aromatic rings. The summed E-state index contributed by atoms with van der Waals surface area (Å²) in [5.74, 6) is -0.446. The SMILES string of the molecule is COC(=O)CC(N)C(O)c1ccc2c(c1)CC(=O)N2C. The van der Waals surface area contributed by atoms with Gasteiger partial charge in [-0.05, 0) is 17.2 Å². The van der Waals surface area contributed by atoms with Crippen LogP contribution in [0.1, 0.15) is 23.7 Å². The quantitative estimate of drug-likeness (QED) is 0.764. The lowest BCUT2D eigenvalue weighted by atomic mass is 9.98. The molecule has 2 unspecified atom stereocenters. The Morgan fingerprint density at radius 2 is 2.25 bits per heavy atom. The molecule has 2 atom stereocenters. The normalized spacial score (nSPS) is 16.8. The Morgan fingerprint density at radius 1 is 1.55 bits per heavy atom. The molecule has 20 heavy (non-hydrogen) atoms. The Morgan fingerprint density at radius 3 is 2.90 bits per heavy atom.